The molecule has 3 aromatic carbocycles. The number of hydrogen-bond acceptors (Lipinski definition) is 0. The highest BCUT2D eigenvalue weighted by Crippen LogP contribution is 2.08. The summed E-state index contributed by atoms with van der Waals surface area (Å²) in [5.74, 6) is 0. The topological polar surface area (TPSA) is 0 Å². The van der Waals surface area contributed by atoms with Crippen LogP contribution >= 0.6 is 0 Å². The van der Waals surface area contributed by atoms with Crippen molar-refractivity contribution in [1.82, 2.24) is 0 Å². The Hall–Kier alpha value is -3.12. The summed E-state index contributed by atoms with van der Waals surface area (Å²) in [4.78, 5) is 0. The number of rotatable bonds is 3. The molecule has 0 aliphatic heterocycles. The summed E-state index contributed by atoms with van der Waals surface area (Å²) in [5, 5.41) is 0. The minimum Gasteiger partial charge on any atom is -0.0985 e. The predicted molar refractivity (Wildman–Crippen MR) is 128 cm³/mol. The summed E-state index contributed by atoms with van der Waals surface area (Å²) in [7, 11) is 0. The third-order valence-corrected chi connectivity index (χ3v) is 4.01. The lowest BCUT2D eigenvalue weighted by Gasteiger charge is -1.96. The molecule has 0 saturated heterocycles. The van der Waals surface area contributed by atoms with Crippen molar-refractivity contribution < 1.29 is 0 Å². The Morgan fingerprint density at radius 3 is 1.71 bits per heavy atom. The van der Waals surface area contributed by atoms with Gasteiger partial charge in [0, 0.05) is 0 Å². The van der Waals surface area contributed by atoms with Crippen LogP contribution in [0.1, 0.15) is 41.7 Å². The lowest BCUT2D eigenvalue weighted by molar-refractivity contribution is 1.44. The Morgan fingerprint density at radius 1 is 0.607 bits per heavy atom. The zero-order valence-corrected chi connectivity index (χ0v) is 17.6. The monoisotopic (exact) mass is 368 g/mol. The van der Waals surface area contributed by atoms with E-state index in [-0.39, 0.29) is 0 Å². The molecule has 0 aliphatic rings. The highest BCUT2D eigenvalue weighted by atomic mass is 13.9. The van der Waals surface area contributed by atoms with Gasteiger partial charge in [0.2, 0.25) is 0 Å². The van der Waals surface area contributed by atoms with Crippen LogP contribution in [0.5, 0.6) is 0 Å². The van der Waals surface area contributed by atoms with Gasteiger partial charge in [-0.05, 0) is 49.9 Å². The summed E-state index contributed by atoms with van der Waals surface area (Å²) >= 11 is 0. The maximum absolute atomic E-state index is 3.66. The summed E-state index contributed by atoms with van der Waals surface area (Å²) in [6, 6.07) is 26.9. The molecule has 0 nitrogen and oxygen atoms in total. The van der Waals surface area contributed by atoms with Gasteiger partial charge >= 0.3 is 0 Å². The highest BCUT2D eigenvalue weighted by molar-refractivity contribution is 5.52. The average molecular weight is 369 g/mol. The van der Waals surface area contributed by atoms with E-state index >= 15 is 0 Å². The minimum absolute atomic E-state index is 1.18. The van der Waals surface area contributed by atoms with Crippen LogP contribution in [-0.2, 0) is 0 Å². The standard InChI is InChI=1S/C10H12.2C9H10/c1-3-6-10-8-5-4-7-9(10)2;1-3-9-6-4-8(2)5-7-9;1-2-6-9-7-4-3-5-8-9/h3-8H,1-2H3;3-7H,1H2,2H3;2-8H,1H3. The van der Waals surface area contributed by atoms with Crippen LogP contribution in [0.3, 0.4) is 0 Å². The van der Waals surface area contributed by atoms with Gasteiger partial charge in [0.25, 0.3) is 0 Å². The molecule has 0 atom stereocenters. The van der Waals surface area contributed by atoms with Crippen LogP contribution in [0.25, 0.3) is 18.2 Å². The van der Waals surface area contributed by atoms with E-state index in [0.717, 1.165) is 0 Å². The number of aryl methyl sites for hydroxylation is 2. The van der Waals surface area contributed by atoms with E-state index in [1.165, 1.54) is 27.8 Å². The van der Waals surface area contributed by atoms with E-state index < -0.39 is 0 Å². The Labute approximate surface area is 171 Å². The maximum Gasteiger partial charge on any atom is -0.0231 e. The molecule has 0 unspecified atom stereocenters. The average Bonchev–Trinajstić information content (AvgIpc) is 2.73. The Morgan fingerprint density at radius 2 is 1.18 bits per heavy atom. The molecule has 0 aliphatic carbocycles. The summed E-state index contributed by atoms with van der Waals surface area (Å²) < 4.78 is 0. The van der Waals surface area contributed by atoms with Gasteiger partial charge in [-0.2, -0.15) is 0 Å². The van der Waals surface area contributed by atoms with Crippen LogP contribution < -0.4 is 0 Å². The summed E-state index contributed by atoms with van der Waals surface area (Å²) in [6.07, 6.45) is 10.1. The highest BCUT2D eigenvalue weighted by Gasteiger charge is 1.87. The predicted octanol–water partition coefficient (Wildman–Crippen LogP) is 8.39. The third-order valence-electron chi connectivity index (χ3n) is 4.01. The van der Waals surface area contributed by atoms with Crippen molar-refractivity contribution >= 4 is 18.2 Å². The fourth-order valence-corrected chi connectivity index (χ4v) is 2.41. The van der Waals surface area contributed by atoms with Crippen molar-refractivity contribution in [2.24, 2.45) is 0 Å². The largest absolute Gasteiger partial charge is 0.0985 e. The normalized spacial score (nSPS) is 10.0. The zero-order chi connectivity index (χ0) is 20.6. The molecular formula is C28H32. The van der Waals surface area contributed by atoms with E-state index in [9.17, 15) is 0 Å². The van der Waals surface area contributed by atoms with E-state index in [0.29, 0.717) is 0 Å². The van der Waals surface area contributed by atoms with Crippen LogP contribution in [0, 0.1) is 13.8 Å². The van der Waals surface area contributed by atoms with Gasteiger partial charge in [-0.25, -0.2) is 0 Å². The van der Waals surface area contributed by atoms with Gasteiger partial charge in [0.05, 0.1) is 0 Å². The molecule has 0 bridgehead atoms. The number of benzene rings is 3. The second kappa shape index (κ2) is 14.0. The Kier molecular flexibility index (Phi) is 11.5. The smallest absolute Gasteiger partial charge is 0.0231 e. The maximum atomic E-state index is 3.66. The molecule has 0 heterocycles. The Bertz CT molecular complexity index is 850. The van der Waals surface area contributed by atoms with E-state index in [1.807, 2.05) is 44.2 Å². The molecule has 0 fully saturated rings. The lowest BCUT2D eigenvalue weighted by atomic mass is 10.1. The molecule has 0 spiro atoms. The first-order valence-electron chi connectivity index (χ1n) is 9.66. The molecule has 3 aromatic rings. The number of allylic oxidation sites excluding steroid dienone is 2. The molecule has 3 rings (SSSR count). The molecule has 0 saturated carbocycles. The number of hydrogen-bond donors (Lipinski definition) is 0. The van der Waals surface area contributed by atoms with Gasteiger partial charge < -0.3 is 0 Å². The third kappa shape index (κ3) is 9.54. The van der Waals surface area contributed by atoms with E-state index in [2.05, 4.69) is 99.3 Å². The first kappa shape index (κ1) is 22.9. The SMILES string of the molecule is C=Cc1ccc(C)cc1.CC=Cc1ccccc1.CC=Cc1ccccc1C. The fourth-order valence-electron chi connectivity index (χ4n) is 2.41. The second-order valence-corrected chi connectivity index (χ2v) is 6.38. The molecule has 0 N–H and O–H groups in total. The van der Waals surface area contributed by atoms with E-state index in [1.54, 1.807) is 0 Å². The summed E-state index contributed by atoms with van der Waals surface area (Å²) in [6.45, 7) is 11.9. The van der Waals surface area contributed by atoms with Gasteiger partial charge in [0.1, 0.15) is 0 Å². The summed E-state index contributed by atoms with van der Waals surface area (Å²) in [5.41, 5.74) is 6.38. The van der Waals surface area contributed by atoms with Crippen LogP contribution in [0.2, 0.25) is 0 Å². The quantitative estimate of drug-likeness (QED) is 0.435. The van der Waals surface area contributed by atoms with Crippen molar-refractivity contribution in [3.63, 3.8) is 0 Å². The van der Waals surface area contributed by atoms with Crippen molar-refractivity contribution in [2.45, 2.75) is 27.7 Å². The van der Waals surface area contributed by atoms with Crippen molar-refractivity contribution in [2.75, 3.05) is 0 Å². The van der Waals surface area contributed by atoms with Gasteiger partial charge in [-0.1, -0.05) is 121 Å². The van der Waals surface area contributed by atoms with Gasteiger partial charge in [-0.3, -0.25) is 0 Å². The molecule has 0 amide bonds. The second-order valence-electron chi connectivity index (χ2n) is 6.38. The van der Waals surface area contributed by atoms with Crippen molar-refractivity contribution in [1.29, 1.82) is 0 Å². The molecule has 144 valence electrons. The first-order valence-corrected chi connectivity index (χ1v) is 9.66. The first-order chi connectivity index (χ1) is 13.6. The van der Waals surface area contributed by atoms with Crippen LogP contribution in [0.4, 0.5) is 0 Å². The van der Waals surface area contributed by atoms with Crippen molar-refractivity contribution in [3.05, 3.63) is 125 Å². The lowest BCUT2D eigenvalue weighted by Crippen LogP contribution is -1.76. The van der Waals surface area contributed by atoms with Gasteiger partial charge in [0.15, 0.2) is 0 Å². The minimum atomic E-state index is 1.18. The van der Waals surface area contributed by atoms with Crippen LogP contribution in [-0.4, -0.2) is 0 Å². The molecule has 0 radical (unpaired) electrons. The van der Waals surface area contributed by atoms with Gasteiger partial charge in [-0.15, -0.1) is 0 Å². The molecular weight excluding hydrogens is 336 g/mol. The molecule has 0 aromatic heterocycles. The van der Waals surface area contributed by atoms with Crippen molar-refractivity contribution in [3.8, 4) is 0 Å². The Balaban J connectivity index is 0.000000210. The molecule has 0 heteroatoms. The fraction of sp³-hybridized carbons (Fsp3) is 0.143. The molecule has 28 heavy (non-hydrogen) atoms. The van der Waals surface area contributed by atoms with E-state index in [4.69, 9.17) is 0 Å². The van der Waals surface area contributed by atoms with Crippen LogP contribution in [0.15, 0.2) is 97.6 Å². The zero-order valence-electron chi connectivity index (χ0n) is 17.6.